The van der Waals surface area contributed by atoms with Crippen LogP contribution in [0.25, 0.3) is 0 Å². The predicted octanol–water partition coefficient (Wildman–Crippen LogP) is 3.07. The standard InChI is InChI=1S/C20H20N2O2/c1-3-17(23)21-19(15-11-7-5-8-12-15)20(22-18(24)4-2)16-13-9-6-10-14-16/h3-14,19-20H,1-2H2,(H,21,23)(H,22,24)/t19-,20-/m1/s1. The fraction of sp³-hybridized carbons (Fsp3) is 0.100. The molecule has 24 heavy (non-hydrogen) atoms. The van der Waals surface area contributed by atoms with E-state index in [4.69, 9.17) is 0 Å². The fourth-order valence-electron chi connectivity index (χ4n) is 2.46. The van der Waals surface area contributed by atoms with E-state index >= 15 is 0 Å². The number of nitrogens with one attached hydrogen (secondary N) is 2. The van der Waals surface area contributed by atoms with Crippen molar-refractivity contribution in [2.24, 2.45) is 0 Å². The Morgan fingerprint density at radius 2 is 1.04 bits per heavy atom. The van der Waals surface area contributed by atoms with Crippen LogP contribution in [0.5, 0.6) is 0 Å². The Labute approximate surface area is 141 Å². The molecule has 0 aliphatic heterocycles. The van der Waals surface area contributed by atoms with Gasteiger partial charge in [0.25, 0.3) is 0 Å². The quantitative estimate of drug-likeness (QED) is 0.770. The zero-order valence-corrected chi connectivity index (χ0v) is 13.3. The SMILES string of the molecule is C=CC(=O)N[C@H](c1ccccc1)[C@H](NC(=O)C=C)c1ccccc1. The van der Waals surface area contributed by atoms with Crippen LogP contribution in [0.15, 0.2) is 86.0 Å². The van der Waals surface area contributed by atoms with Crippen molar-refractivity contribution in [1.29, 1.82) is 0 Å². The fourth-order valence-corrected chi connectivity index (χ4v) is 2.46. The topological polar surface area (TPSA) is 58.2 Å². The molecule has 0 spiro atoms. The van der Waals surface area contributed by atoms with Gasteiger partial charge in [0.05, 0.1) is 12.1 Å². The maximum Gasteiger partial charge on any atom is 0.243 e. The number of carbonyl (C=O) groups excluding carboxylic acids is 2. The van der Waals surface area contributed by atoms with Gasteiger partial charge in [-0.05, 0) is 23.3 Å². The summed E-state index contributed by atoms with van der Waals surface area (Å²) in [4.78, 5) is 23.8. The molecular formula is C20H20N2O2. The van der Waals surface area contributed by atoms with Crippen molar-refractivity contribution < 1.29 is 9.59 Å². The largest absolute Gasteiger partial charge is 0.343 e. The van der Waals surface area contributed by atoms with Crippen LogP contribution in [0.2, 0.25) is 0 Å². The van der Waals surface area contributed by atoms with Gasteiger partial charge in [0.1, 0.15) is 0 Å². The van der Waals surface area contributed by atoms with E-state index in [0.29, 0.717) is 0 Å². The van der Waals surface area contributed by atoms with Gasteiger partial charge < -0.3 is 10.6 Å². The predicted molar refractivity (Wildman–Crippen MR) is 95.0 cm³/mol. The zero-order chi connectivity index (χ0) is 17.4. The first-order valence-corrected chi connectivity index (χ1v) is 7.61. The van der Waals surface area contributed by atoms with E-state index < -0.39 is 12.1 Å². The minimum absolute atomic E-state index is 0.308. The molecule has 0 saturated carbocycles. The third-order valence-corrected chi connectivity index (χ3v) is 3.62. The number of rotatable bonds is 7. The molecule has 2 N–H and O–H groups in total. The Bertz CT molecular complexity index is 647. The Balaban J connectivity index is 2.46. The van der Waals surface area contributed by atoms with Crippen LogP contribution >= 0.6 is 0 Å². The summed E-state index contributed by atoms with van der Waals surface area (Å²) in [6.45, 7) is 7.00. The molecule has 0 unspecified atom stereocenters. The number of hydrogen-bond donors (Lipinski definition) is 2. The first-order chi connectivity index (χ1) is 11.7. The van der Waals surface area contributed by atoms with Crippen molar-refractivity contribution >= 4 is 11.8 Å². The second kappa shape index (κ2) is 8.48. The van der Waals surface area contributed by atoms with Gasteiger partial charge in [-0.1, -0.05) is 73.8 Å². The van der Waals surface area contributed by atoms with Crippen LogP contribution < -0.4 is 10.6 Å². The van der Waals surface area contributed by atoms with E-state index in [1.54, 1.807) is 0 Å². The molecule has 0 aliphatic rings. The molecule has 0 radical (unpaired) electrons. The highest BCUT2D eigenvalue weighted by Crippen LogP contribution is 2.29. The van der Waals surface area contributed by atoms with Crippen LogP contribution in [-0.4, -0.2) is 11.8 Å². The van der Waals surface area contributed by atoms with E-state index in [0.717, 1.165) is 11.1 Å². The molecule has 4 nitrogen and oxygen atoms in total. The molecule has 2 atom stereocenters. The summed E-state index contributed by atoms with van der Waals surface area (Å²) in [7, 11) is 0. The van der Waals surface area contributed by atoms with Gasteiger partial charge in [0.15, 0.2) is 0 Å². The van der Waals surface area contributed by atoms with Gasteiger partial charge in [-0.3, -0.25) is 9.59 Å². The van der Waals surface area contributed by atoms with Crippen molar-refractivity contribution in [3.8, 4) is 0 Å². The summed E-state index contributed by atoms with van der Waals surface area (Å²) in [6.07, 6.45) is 2.43. The van der Waals surface area contributed by atoms with Gasteiger partial charge in [-0.2, -0.15) is 0 Å². The van der Waals surface area contributed by atoms with Gasteiger partial charge in [0, 0.05) is 0 Å². The highest BCUT2D eigenvalue weighted by molar-refractivity contribution is 5.88. The number of benzene rings is 2. The molecule has 2 rings (SSSR count). The summed E-state index contributed by atoms with van der Waals surface area (Å²) < 4.78 is 0. The Hall–Kier alpha value is -3.14. The molecule has 0 bridgehead atoms. The molecule has 2 amide bonds. The molecular weight excluding hydrogens is 300 g/mol. The molecule has 4 heteroatoms. The molecule has 0 saturated heterocycles. The Morgan fingerprint density at radius 1 is 0.708 bits per heavy atom. The average molecular weight is 320 g/mol. The first-order valence-electron chi connectivity index (χ1n) is 7.61. The van der Waals surface area contributed by atoms with Crippen LogP contribution in [0.1, 0.15) is 23.2 Å². The van der Waals surface area contributed by atoms with Crippen molar-refractivity contribution in [2.45, 2.75) is 12.1 Å². The highest BCUT2D eigenvalue weighted by atomic mass is 16.2. The van der Waals surface area contributed by atoms with Crippen molar-refractivity contribution in [3.63, 3.8) is 0 Å². The van der Waals surface area contributed by atoms with Gasteiger partial charge in [-0.25, -0.2) is 0 Å². The molecule has 0 aromatic heterocycles. The van der Waals surface area contributed by atoms with Gasteiger partial charge in [-0.15, -0.1) is 0 Å². The lowest BCUT2D eigenvalue weighted by Crippen LogP contribution is -2.39. The summed E-state index contributed by atoms with van der Waals surface area (Å²) >= 11 is 0. The third kappa shape index (κ3) is 4.43. The van der Waals surface area contributed by atoms with Gasteiger partial charge in [0.2, 0.25) is 11.8 Å². The van der Waals surface area contributed by atoms with Crippen molar-refractivity contribution in [1.82, 2.24) is 10.6 Å². The summed E-state index contributed by atoms with van der Waals surface area (Å²) in [5, 5.41) is 5.81. The lowest BCUT2D eigenvalue weighted by Gasteiger charge is -2.29. The van der Waals surface area contributed by atoms with E-state index in [9.17, 15) is 9.59 Å². The van der Waals surface area contributed by atoms with E-state index in [-0.39, 0.29) is 11.8 Å². The van der Waals surface area contributed by atoms with Crippen LogP contribution in [-0.2, 0) is 9.59 Å². The third-order valence-electron chi connectivity index (χ3n) is 3.62. The Morgan fingerprint density at radius 3 is 1.33 bits per heavy atom. The van der Waals surface area contributed by atoms with Crippen LogP contribution in [0.3, 0.4) is 0 Å². The number of hydrogen-bond acceptors (Lipinski definition) is 2. The second-order valence-electron chi connectivity index (χ2n) is 5.20. The lowest BCUT2D eigenvalue weighted by molar-refractivity contribution is -0.120. The molecule has 0 aliphatic carbocycles. The molecule has 0 heterocycles. The number of carbonyl (C=O) groups is 2. The minimum atomic E-state index is -0.442. The second-order valence-corrected chi connectivity index (χ2v) is 5.20. The maximum absolute atomic E-state index is 11.9. The molecule has 0 fully saturated rings. The molecule has 2 aromatic rings. The summed E-state index contributed by atoms with van der Waals surface area (Å²) in [5.74, 6) is -0.615. The zero-order valence-electron chi connectivity index (χ0n) is 13.3. The maximum atomic E-state index is 11.9. The smallest absolute Gasteiger partial charge is 0.243 e. The number of amides is 2. The minimum Gasteiger partial charge on any atom is -0.343 e. The first kappa shape index (κ1) is 17.2. The van der Waals surface area contributed by atoms with E-state index in [2.05, 4.69) is 23.8 Å². The van der Waals surface area contributed by atoms with E-state index in [1.165, 1.54) is 12.2 Å². The van der Waals surface area contributed by atoms with Crippen LogP contribution in [0.4, 0.5) is 0 Å². The van der Waals surface area contributed by atoms with Gasteiger partial charge >= 0.3 is 0 Å². The highest BCUT2D eigenvalue weighted by Gasteiger charge is 2.26. The van der Waals surface area contributed by atoms with Crippen molar-refractivity contribution in [3.05, 3.63) is 97.1 Å². The average Bonchev–Trinajstić information content (AvgIpc) is 2.65. The normalized spacial score (nSPS) is 12.5. The van der Waals surface area contributed by atoms with Crippen LogP contribution in [0, 0.1) is 0 Å². The summed E-state index contributed by atoms with van der Waals surface area (Å²) in [5.41, 5.74) is 1.76. The lowest BCUT2D eigenvalue weighted by atomic mass is 9.93. The monoisotopic (exact) mass is 320 g/mol. The summed E-state index contributed by atoms with van der Waals surface area (Å²) in [6, 6.07) is 18.1. The molecule has 2 aromatic carbocycles. The van der Waals surface area contributed by atoms with E-state index in [1.807, 2.05) is 60.7 Å². The molecule has 122 valence electrons. The van der Waals surface area contributed by atoms with Crippen molar-refractivity contribution in [2.75, 3.05) is 0 Å². The Kier molecular flexibility index (Phi) is 6.08.